The number of carbonyl (C=O) groups is 1. The SMILES string of the molecule is CNC(=O)Cc1noc(C(C)Oc2cccc3ccccc23)n1. The van der Waals surface area contributed by atoms with E-state index in [2.05, 4.69) is 15.5 Å². The molecule has 0 aliphatic carbocycles. The Kier molecular flexibility index (Phi) is 4.23. The van der Waals surface area contributed by atoms with E-state index in [4.69, 9.17) is 9.26 Å². The van der Waals surface area contributed by atoms with Gasteiger partial charge in [-0.05, 0) is 18.4 Å². The van der Waals surface area contributed by atoms with E-state index in [1.165, 1.54) is 0 Å². The van der Waals surface area contributed by atoms with Crippen LogP contribution < -0.4 is 10.1 Å². The Bertz CT molecular complexity index is 823. The van der Waals surface area contributed by atoms with Gasteiger partial charge in [-0.2, -0.15) is 4.98 Å². The maximum atomic E-state index is 11.3. The predicted molar refractivity (Wildman–Crippen MR) is 85.1 cm³/mol. The lowest BCUT2D eigenvalue weighted by atomic mass is 10.1. The molecule has 2 aromatic carbocycles. The number of nitrogens with zero attached hydrogens (tertiary/aromatic N) is 2. The maximum absolute atomic E-state index is 11.3. The van der Waals surface area contributed by atoms with Gasteiger partial charge in [-0.3, -0.25) is 4.79 Å². The van der Waals surface area contributed by atoms with Crippen LogP contribution in [-0.2, 0) is 11.2 Å². The monoisotopic (exact) mass is 311 g/mol. The van der Waals surface area contributed by atoms with Gasteiger partial charge in [0.25, 0.3) is 5.89 Å². The van der Waals surface area contributed by atoms with Crippen LogP contribution in [0.25, 0.3) is 10.8 Å². The maximum Gasteiger partial charge on any atom is 0.267 e. The van der Waals surface area contributed by atoms with Crippen LogP contribution >= 0.6 is 0 Å². The molecule has 6 heteroatoms. The molecule has 0 aliphatic rings. The number of hydrogen-bond donors (Lipinski definition) is 1. The third kappa shape index (κ3) is 3.31. The first kappa shape index (κ1) is 15.0. The third-order valence-corrected chi connectivity index (χ3v) is 3.48. The van der Waals surface area contributed by atoms with Crippen LogP contribution in [0.2, 0.25) is 0 Å². The van der Waals surface area contributed by atoms with Crippen LogP contribution in [0.4, 0.5) is 0 Å². The number of likely N-dealkylation sites (N-methyl/N-ethyl adjacent to an activating group) is 1. The fourth-order valence-electron chi connectivity index (χ4n) is 2.28. The van der Waals surface area contributed by atoms with Crippen LogP contribution in [0.5, 0.6) is 5.75 Å². The summed E-state index contributed by atoms with van der Waals surface area (Å²) in [6, 6.07) is 13.9. The number of ether oxygens (including phenoxy) is 1. The second-order valence-electron chi connectivity index (χ2n) is 5.14. The molecular formula is C17H17N3O3. The highest BCUT2D eigenvalue weighted by atomic mass is 16.5. The lowest BCUT2D eigenvalue weighted by Crippen LogP contribution is -2.20. The lowest BCUT2D eigenvalue weighted by Gasteiger charge is -2.12. The molecule has 0 saturated carbocycles. The normalized spacial score (nSPS) is 12.1. The van der Waals surface area contributed by atoms with Crippen LogP contribution in [0.3, 0.4) is 0 Å². The van der Waals surface area contributed by atoms with Gasteiger partial charge < -0.3 is 14.6 Å². The summed E-state index contributed by atoms with van der Waals surface area (Å²) in [6.45, 7) is 1.83. The largest absolute Gasteiger partial charge is 0.480 e. The minimum atomic E-state index is -0.410. The van der Waals surface area contributed by atoms with E-state index < -0.39 is 6.10 Å². The van der Waals surface area contributed by atoms with Crippen molar-refractivity contribution in [2.45, 2.75) is 19.4 Å². The zero-order valence-electron chi connectivity index (χ0n) is 12.9. The number of rotatable bonds is 5. The number of fused-ring (bicyclic) bond motifs is 1. The average Bonchev–Trinajstić information content (AvgIpc) is 3.03. The van der Waals surface area contributed by atoms with Crippen LogP contribution in [0, 0.1) is 0 Å². The second kappa shape index (κ2) is 6.48. The molecule has 3 rings (SSSR count). The van der Waals surface area contributed by atoms with E-state index in [0.29, 0.717) is 11.7 Å². The van der Waals surface area contributed by atoms with Crippen molar-refractivity contribution < 1.29 is 14.1 Å². The van der Waals surface area contributed by atoms with Crippen molar-refractivity contribution in [3.8, 4) is 5.75 Å². The van der Waals surface area contributed by atoms with E-state index in [1.54, 1.807) is 7.05 Å². The lowest BCUT2D eigenvalue weighted by molar-refractivity contribution is -0.120. The molecule has 1 amide bonds. The van der Waals surface area contributed by atoms with Crippen molar-refractivity contribution in [1.82, 2.24) is 15.5 Å². The topological polar surface area (TPSA) is 77.2 Å². The van der Waals surface area contributed by atoms with Crippen LogP contribution in [0.1, 0.15) is 24.7 Å². The highest BCUT2D eigenvalue weighted by Crippen LogP contribution is 2.29. The number of carbonyl (C=O) groups excluding carboxylic acids is 1. The zero-order chi connectivity index (χ0) is 16.2. The molecule has 0 saturated heterocycles. The van der Waals surface area contributed by atoms with Gasteiger partial charge in [-0.15, -0.1) is 0 Å². The van der Waals surface area contributed by atoms with E-state index in [-0.39, 0.29) is 12.3 Å². The molecule has 118 valence electrons. The van der Waals surface area contributed by atoms with Gasteiger partial charge in [0.15, 0.2) is 11.9 Å². The van der Waals surface area contributed by atoms with Gasteiger partial charge in [0.05, 0.1) is 6.42 Å². The highest BCUT2D eigenvalue weighted by Gasteiger charge is 2.18. The number of benzene rings is 2. The van der Waals surface area contributed by atoms with Crippen molar-refractivity contribution >= 4 is 16.7 Å². The van der Waals surface area contributed by atoms with Crippen molar-refractivity contribution in [3.63, 3.8) is 0 Å². The molecule has 3 aromatic rings. The summed E-state index contributed by atoms with van der Waals surface area (Å²) >= 11 is 0. The zero-order valence-corrected chi connectivity index (χ0v) is 12.9. The fraction of sp³-hybridized carbons (Fsp3) is 0.235. The Morgan fingerprint density at radius 3 is 2.87 bits per heavy atom. The predicted octanol–water partition coefficient (Wildman–Crippen LogP) is 2.65. The Morgan fingerprint density at radius 1 is 1.26 bits per heavy atom. The first-order valence-electron chi connectivity index (χ1n) is 7.35. The van der Waals surface area contributed by atoms with Crippen molar-refractivity contribution in [1.29, 1.82) is 0 Å². The Labute approximate surface area is 133 Å². The number of amides is 1. The fourth-order valence-corrected chi connectivity index (χ4v) is 2.28. The Balaban J connectivity index is 1.78. The van der Waals surface area contributed by atoms with E-state index in [0.717, 1.165) is 16.5 Å². The van der Waals surface area contributed by atoms with Crippen LogP contribution in [-0.4, -0.2) is 23.1 Å². The van der Waals surface area contributed by atoms with E-state index >= 15 is 0 Å². The molecule has 1 heterocycles. The van der Waals surface area contributed by atoms with E-state index in [9.17, 15) is 4.79 Å². The summed E-state index contributed by atoms with van der Waals surface area (Å²) in [5.41, 5.74) is 0. The van der Waals surface area contributed by atoms with Gasteiger partial charge in [0, 0.05) is 12.4 Å². The highest BCUT2D eigenvalue weighted by molar-refractivity contribution is 5.88. The summed E-state index contributed by atoms with van der Waals surface area (Å²) in [5.74, 6) is 1.27. The second-order valence-corrected chi connectivity index (χ2v) is 5.14. The third-order valence-electron chi connectivity index (χ3n) is 3.48. The van der Waals surface area contributed by atoms with Crippen LogP contribution in [0.15, 0.2) is 47.0 Å². The van der Waals surface area contributed by atoms with Gasteiger partial charge in [-0.25, -0.2) is 0 Å². The molecule has 23 heavy (non-hydrogen) atoms. The smallest absolute Gasteiger partial charge is 0.267 e. The van der Waals surface area contributed by atoms with E-state index in [1.807, 2.05) is 49.4 Å². The molecule has 1 atom stereocenters. The summed E-state index contributed by atoms with van der Waals surface area (Å²) in [6.07, 6.45) is -0.326. The van der Waals surface area contributed by atoms with Gasteiger partial charge in [0.1, 0.15) is 5.75 Å². The number of aromatic nitrogens is 2. The standard InChI is InChI=1S/C17H17N3O3/c1-11(17-19-15(20-23-17)10-16(21)18-2)22-14-9-5-7-12-6-3-4-8-13(12)14/h3-9,11H,10H2,1-2H3,(H,18,21). The van der Waals surface area contributed by atoms with Gasteiger partial charge in [-0.1, -0.05) is 41.6 Å². The molecule has 6 nitrogen and oxygen atoms in total. The average molecular weight is 311 g/mol. The Morgan fingerprint density at radius 2 is 2.04 bits per heavy atom. The molecule has 0 spiro atoms. The summed E-state index contributed by atoms with van der Waals surface area (Å²) in [4.78, 5) is 15.5. The molecule has 0 radical (unpaired) electrons. The first-order valence-corrected chi connectivity index (χ1v) is 7.35. The molecule has 0 fully saturated rings. The first-order chi connectivity index (χ1) is 11.2. The molecule has 0 bridgehead atoms. The summed E-state index contributed by atoms with van der Waals surface area (Å²) in [5, 5.41) is 8.44. The van der Waals surface area contributed by atoms with Crippen molar-refractivity contribution in [3.05, 3.63) is 54.2 Å². The van der Waals surface area contributed by atoms with Crippen molar-refractivity contribution in [2.24, 2.45) is 0 Å². The minimum Gasteiger partial charge on any atom is -0.480 e. The molecule has 0 aliphatic heterocycles. The molecule has 1 aromatic heterocycles. The minimum absolute atomic E-state index is 0.0843. The summed E-state index contributed by atoms with van der Waals surface area (Å²) < 4.78 is 11.2. The Hall–Kier alpha value is -2.89. The number of nitrogens with one attached hydrogen (secondary N) is 1. The summed E-state index contributed by atoms with van der Waals surface area (Å²) in [7, 11) is 1.57. The number of hydrogen-bond acceptors (Lipinski definition) is 5. The molecule has 1 unspecified atom stereocenters. The quantitative estimate of drug-likeness (QED) is 0.784. The van der Waals surface area contributed by atoms with Gasteiger partial charge >= 0.3 is 0 Å². The van der Waals surface area contributed by atoms with Gasteiger partial charge in [0.2, 0.25) is 5.91 Å². The molecular weight excluding hydrogens is 294 g/mol. The molecule has 1 N–H and O–H groups in total. The van der Waals surface area contributed by atoms with Crippen molar-refractivity contribution in [2.75, 3.05) is 7.05 Å².